The molecule has 0 aromatic heterocycles. The van der Waals surface area contributed by atoms with Crippen molar-refractivity contribution in [3.63, 3.8) is 0 Å². The Morgan fingerprint density at radius 3 is 2.19 bits per heavy atom. The van der Waals surface area contributed by atoms with Crippen LogP contribution >= 0.6 is 23.4 Å². The van der Waals surface area contributed by atoms with Crippen LogP contribution in [0.1, 0.15) is 6.42 Å². The van der Waals surface area contributed by atoms with Gasteiger partial charge in [0.25, 0.3) is 0 Å². The molecule has 1 aromatic rings. The van der Waals surface area contributed by atoms with Gasteiger partial charge in [0.2, 0.25) is 0 Å². The normalized spacial score (nSPS) is 9.62. The molecule has 0 aliphatic heterocycles. The first-order chi connectivity index (χ1) is 9.97. The van der Waals surface area contributed by atoms with Gasteiger partial charge in [-0.15, -0.1) is 11.8 Å². The molecule has 1 rings (SSSR count). The quantitative estimate of drug-likeness (QED) is 0.340. The van der Waals surface area contributed by atoms with Crippen molar-refractivity contribution < 1.29 is 19.8 Å². The molecule has 1 aromatic carbocycles. The number of halogens is 1. The Hall–Kier alpha value is -1.28. The standard InChI is InChI=1S/C11H17ClN2S.C2H2O4/c12-10-2-4-11(5-3-10)15-9-1-7-14-8-6-13;3-1(4)2(5)6/h2-5,14H,1,6-9,13H2;(H,3,4)(H,5,6). The van der Waals surface area contributed by atoms with Gasteiger partial charge in [0.1, 0.15) is 0 Å². The van der Waals surface area contributed by atoms with Crippen LogP contribution in [-0.4, -0.2) is 47.5 Å². The molecule has 0 fully saturated rings. The van der Waals surface area contributed by atoms with Crippen LogP contribution in [-0.2, 0) is 9.59 Å². The van der Waals surface area contributed by atoms with E-state index in [9.17, 15) is 0 Å². The molecule has 8 heteroatoms. The summed E-state index contributed by atoms with van der Waals surface area (Å²) < 4.78 is 0. The van der Waals surface area contributed by atoms with E-state index in [0.717, 1.165) is 30.3 Å². The molecule has 0 spiro atoms. The van der Waals surface area contributed by atoms with E-state index in [0.29, 0.717) is 6.54 Å². The summed E-state index contributed by atoms with van der Waals surface area (Å²) in [4.78, 5) is 19.5. The van der Waals surface area contributed by atoms with Gasteiger partial charge >= 0.3 is 11.9 Å². The summed E-state index contributed by atoms with van der Waals surface area (Å²) in [6, 6.07) is 7.97. The van der Waals surface area contributed by atoms with Gasteiger partial charge in [-0.1, -0.05) is 11.6 Å². The highest BCUT2D eigenvalue weighted by Gasteiger charge is 2.04. The monoisotopic (exact) mass is 334 g/mol. The third-order valence-corrected chi connectivity index (χ3v) is 3.43. The van der Waals surface area contributed by atoms with Gasteiger partial charge in [0.15, 0.2) is 0 Å². The summed E-state index contributed by atoms with van der Waals surface area (Å²) in [6.07, 6.45) is 1.16. The Bertz CT molecular complexity index is 417. The van der Waals surface area contributed by atoms with Crippen LogP contribution in [0.5, 0.6) is 0 Å². The molecule has 0 saturated carbocycles. The van der Waals surface area contributed by atoms with Gasteiger partial charge in [-0.05, 0) is 43.0 Å². The molecule has 21 heavy (non-hydrogen) atoms. The topological polar surface area (TPSA) is 113 Å². The van der Waals surface area contributed by atoms with Gasteiger partial charge < -0.3 is 21.3 Å². The molecule has 6 nitrogen and oxygen atoms in total. The number of nitrogens with one attached hydrogen (secondary N) is 1. The van der Waals surface area contributed by atoms with Crippen molar-refractivity contribution in [3.8, 4) is 0 Å². The minimum atomic E-state index is -1.82. The number of nitrogens with two attached hydrogens (primary N) is 1. The van der Waals surface area contributed by atoms with E-state index in [-0.39, 0.29) is 0 Å². The molecule has 5 N–H and O–H groups in total. The SMILES string of the molecule is NCCNCCCSc1ccc(Cl)cc1.O=C(O)C(=O)O. The number of rotatable bonds is 7. The Morgan fingerprint density at radius 1 is 1.14 bits per heavy atom. The van der Waals surface area contributed by atoms with Crippen molar-refractivity contribution in [1.82, 2.24) is 5.32 Å². The molecule has 0 heterocycles. The van der Waals surface area contributed by atoms with Gasteiger partial charge in [0.05, 0.1) is 0 Å². The fourth-order valence-electron chi connectivity index (χ4n) is 1.15. The Kier molecular flexibility index (Phi) is 11.7. The van der Waals surface area contributed by atoms with E-state index in [1.54, 1.807) is 0 Å². The van der Waals surface area contributed by atoms with Crippen LogP contribution in [0.3, 0.4) is 0 Å². The molecule has 0 unspecified atom stereocenters. The van der Waals surface area contributed by atoms with Crippen LogP contribution in [0.25, 0.3) is 0 Å². The van der Waals surface area contributed by atoms with E-state index < -0.39 is 11.9 Å². The summed E-state index contributed by atoms with van der Waals surface area (Å²) >= 11 is 7.66. The number of thioether (sulfide) groups is 1. The van der Waals surface area contributed by atoms with Crippen LogP contribution in [0.4, 0.5) is 0 Å². The summed E-state index contributed by atoms with van der Waals surface area (Å²) in [5, 5.41) is 18.8. The average molecular weight is 335 g/mol. The maximum Gasteiger partial charge on any atom is 0.414 e. The second kappa shape index (κ2) is 12.5. The summed E-state index contributed by atoms with van der Waals surface area (Å²) in [5.41, 5.74) is 5.37. The number of hydrogen-bond donors (Lipinski definition) is 4. The third kappa shape index (κ3) is 12.2. The van der Waals surface area contributed by atoms with Crippen molar-refractivity contribution in [2.45, 2.75) is 11.3 Å². The smallest absolute Gasteiger partial charge is 0.414 e. The van der Waals surface area contributed by atoms with Gasteiger partial charge in [-0.3, -0.25) is 0 Å². The first-order valence-corrected chi connectivity index (χ1v) is 7.59. The van der Waals surface area contributed by atoms with Gasteiger partial charge in [0, 0.05) is 23.0 Å². The largest absolute Gasteiger partial charge is 0.473 e. The lowest BCUT2D eigenvalue weighted by atomic mass is 10.4. The highest BCUT2D eigenvalue weighted by molar-refractivity contribution is 7.99. The third-order valence-electron chi connectivity index (χ3n) is 2.08. The lowest BCUT2D eigenvalue weighted by molar-refractivity contribution is -0.159. The number of carboxylic acids is 2. The van der Waals surface area contributed by atoms with Crippen molar-refractivity contribution in [1.29, 1.82) is 0 Å². The zero-order valence-corrected chi connectivity index (χ0v) is 13.0. The Labute approximate surface area is 132 Å². The lowest BCUT2D eigenvalue weighted by Crippen LogP contribution is -2.23. The number of hydrogen-bond acceptors (Lipinski definition) is 5. The molecule has 0 amide bonds. The first-order valence-electron chi connectivity index (χ1n) is 6.22. The van der Waals surface area contributed by atoms with E-state index in [1.807, 2.05) is 23.9 Å². The first kappa shape index (κ1) is 19.7. The molecule has 0 radical (unpaired) electrons. The molecular formula is C13H19ClN2O4S. The molecule has 0 bridgehead atoms. The second-order valence-corrected chi connectivity index (χ2v) is 5.41. The lowest BCUT2D eigenvalue weighted by Gasteiger charge is -2.03. The molecule has 0 saturated heterocycles. The van der Waals surface area contributed by atoms with Crippen LogP contribution in [0.2, 0.25) is 5.02 Å². The number of carbonyl (C=O) groups is 2. The molecule has 0 atom stereocenters. The molecular weight excluding hydrogens is 316 g/mol. The van der Waals surface area contributed by atoms with E-state index in [4.69, 9.17) is 37.1 Å². The summed E-state index contributed by atoms with van der Waals surface area (Å²) in [6.45, 7) is 2.66. The predicted octanol–water partition coefficient (Wildman–Crippen LogP) is 1.53. The molecule has 0 aliphatic carbocycles. The maximum absolute atomic E-state index is 9.10. The van der Waals surface area contributed by atoms with Crippen molar-refractivity contribution in [2.24, 2.45) is 5.73 Å². The second-order valence-electron chi connectivity index (χ2n) is 3.80. The highest BCUT2D eigenvalue weighted by Crippen LogP contribution is 2.20. The van der Waals surface area contributed by atoms with Gasteiger partial charge in [-0.2, -0.15) is 0 Å². The van der Waals surface area contributed by atoms with E-state index >= 15 is 0 Å². The summed E-state index contributed by atoms with van der Waals surface area (Å²) in [7, 11) is 0. The zero-order chi connectivity index (χ0) is 16.1. The average Bonchev–Trinajstić information content (AvgIpc) is 2.45. The molecule has 0 aliphatic rings. The highest BCUT2D eigenvalue weighted by atomic mass is 35.5. The van der Waals surface area contributed by atoms with Crippen LogP contribution in [0, 0.1) is 0 Å². The maximum atomic E-state index is 9.10. The van der Waals surface area contributed by atoms with Crippen LogP contribution in [0.15, 0.2) is 29.2 Å². The predicted molar refractivity (Wildman–Crippen MR) is 84.0 cm³/mol. The van der Waals surface area contributed by atoms with Crippen LogP contribution < -0.4 is 11.1 Å². The van der Waals surface area contributed by atoms with Crippen molar-refractivity contribution in [3.05, 3.63) is 29.3 Å². The Balaban J connectivity index is 0.000000567. The zero-order valence-electron chi connectivity index (χ0n) is 11.4. The van der Waals surface area contributed by atoms with Crippen molar-refractivity contribution >= 4 is 35.3 Å². The van der Waals surface area contributed by atoms with Crippen molar-refractivity contribution in [2.75, 3.05) is 25.4 Å². The number of benzene rings is 1. The number of carboxylic acid groups (broad SMARTS) is 2. The van der Waals surface area contributed by atoms with E-state index in [2.05, 4.69) is 17.4 Å². The van der Waals surface area contributed by atoms with Gasteiger partial charge in [-0.25, -0.2) is 9.59 Å². The molecule has 118 valence electrons. The minimum Gasteiger partial charge on any atom is -0.473 e. The fourth-order valence-corrected chi connectivity index (χ4v) is 2.12. The minimum absolute atomic E-state index is 0.713. The summed E-state index contributed by atoms with van der Waals surface area (Å²) in [5.74, 6) is -2.52. The Morgan fingerprint density at radius 2 is 1.71 bits per heavy atom. The number of aliphatic carboxylic acids is 2. The van der Waals surface area contributed by atoms with E-state index in [1.165, 1.54) is 4.90 Å². The fraction of sp³-hybridized carbons (Fsp3) is 0.385.